The molecule has 2 aromatic rings. The summed E-state index contributed by atoms with van der Waals surface area (Å²) in [5.41, 5.74) is 8.20. The van der Waals surface area contributed by atoms with E-state index >= 15 is 0 Å². The molecule has 0 heterocycles. The van der Waals surface area contributed by atoms with Gasteiger partial charge in [0.25, 0.3) is 0 Å². The molecule has 0 radical (unpaired) electrons. The fraction of sp³-hybridized carbons (Fsp3) is 0.200. The predicted molar refractivity (Wildman–Crippen MR) is 84.0 cm³/mol. The fourth-order valence-corrected chi connectivity index (χ4v) is 2.62. The molecule has 100 valence electrons. The van der Waals surface area contributed by atoms with Crippen LogP contribution in [-0.2, 0) is 0 Å². The molecule has 0 bridgehead atoms. The third kappa shape index (κ3) is 3.34. The Morgan fingerprint density at radius 1 is 1.11 bits per heavy atom. The van der Waals surface area contributed by atoms with Crippen molar-refractivity contribution in [1.29, 1.82) is 0 Å². The molecule has 1 atom stereocenters. The average Bonchev–Trinajstić information content (AvgIpc) is 2.39. The fourth-order valence-electron chi connectivity index (χ4n) is 2.01. The molecule has 19 heavy (non-hydrogen) atoms. The molecule has 0 spiro atoms. The van der Waals surface area contributed by atoms with Crippen LogP contribution in [0, 0.1) is 0 Å². The molecule has 2 aromatic carbocycles. The maximum Gasteiger partial charge on any atom is 0.0725 e. The van der Waals surface area contributed by atoms with E-state index in [2.05, 4.69) is 24.4 Å². The van der Waals surface area contributed by atoms with Gasteiger partial charge in [-0.1, -0.05) is 60.5 Å². The molecule has 0 aliphatic rings. The molecule has 0 aromatic heterocycles. The van der Waals surface area contributed by atoms with Crippen LogP contribution in [0.1, 0.15) is 24.9 Å². The minimum absolute atomic E-state index is 0.167. The van der Waals surface area contributed by atoms with Gasteiger partial charge in [-0.3, -0.25) is 0 Å². The zero-order valence-electron chi connectivity index (χ0n) is 10.7. The van der Waals surface area contributed by atoms with Gasteiger partial charge in [0.05, 0.1) is 21.8 Å². The van der Waals surface area contributed by atoms with E-state index in [1.165, 1.54) is 5.56 Å². The van der Waals surface area contributed by atoms with Crippen LogP contribution in [0.3, 0.4) is 0 Å². The van der Waals surface area contributed by atoms with Crippen molar-refractivity contribution in [3.05, 3.63) is 58.1 Å². The number of nitrogens with two attached hydrogens (primary N) is 1. The number of anilines is 2. The number of rotatable bonds is 4. The molecule has 4 heteroatoms. The molecular formula is C15H16Cl2N2. The van der Waals surface area contributed by atoms with E-state index in [1.54, 1.807) is 12.1 Å². The van der Waals surface area contributed by atoms with Crippen molar-refractivity contribution in [2.75, 3.05) is 11.1 Å². The van der Waals surface area contributed by atoms with Crippen LogP contribution >= 0.6 is 23.2 Å². The van der Waals surface area contributed by atoms with Gasteiger partial charge < -0.3 is 11.1 Å². The van der Waals surface area contributed by atoms with Gasteiger partial charge in [-0.2, -0.15) is 0 Å². The molecule has 0 fully saturated rings. The summed E-state index contributed by atoms with van der Waals surface area (Å²) >= 11 is 12.4. The zero-order chi connectivity index (χ0) is 13.8. The molecule has 1 unspecified atom stereocenters. The van der Waals surface area contributed by atoms with Crippen molar-refractivity contribution >= 4 is 34.6 Å². The van der Waals surface area contributed by atoms with Gasteiger partial charge in [0.1, 0.15) is 0 Å². The van der Waals surface area contributed by atoms with Crippen molar-refractivity contribution in [2.24, 2.45) is 0 Å². The third-order valence-corrected chi connectivity index (χ3v) is 3.59. The molecule has 2 rings (SSSR count). The van der Waals surface area contributed by atoms with E-state index in [9.17, 15) is 0 Å². The number of benzene rings is 2. The van der Waals surface area contributed by atoms with Crippen molar-refractivity contribution in [1.82, 2.24) is 0 Å². The van der Waals surface area contributed by atoms with Crippen LogP contribution in [0.5, 0.6) is 0 Å². The van der Waals surface area contributed by atoms with Crippen LogP contribution in [0.15, 0.2) is 42.5 Å². The normalized spacial score (nSPS) is 12.2. The lowest BCUT2D eigenvalue weighted by molar-refractivity contribution is 0.749. The van der Waals surface area contributed by atoms with Gasteiger partial charge >= 0.3 is 0 Å². The summed E-state index contributed by atoms with van der Waals surface area (Å²) in [7, 11) is 0. The van der Waals surface area contributed by atoms with Crippen LogP contribution in [0.25, 0.3) is 0 Å². The summed E-state index contributed by atoms with van der Waals surface area (Å²) in [6, 6.07) is 13.8. The van der Waals surface area contributed by atoms with Gasteiger partial charge in [-0.25, -0.2) is 0 Å². The molecule has 0 saturated heterocycles. The minimum atomic E-state index is 0.167. The second kappa shape index (κ2) is 6.18. The van der Waals surface area contributed by atoms with Crippen molar-refractivity contribution < 1.29 is 0 Å². The topological polar surface area (TPSA) is 38.0 Å². The van der Waals surface area contributed by atoms with Gasteiger partial charge in [0.15, 0.2) is 0 Å². The lowest BCUT2D eigenvalue weighted by atomic mass is 10.0. The number of hydrogen-bond acceptors (Lipinski definition) is 2. The lowest BCUT2D eigenvalue weighted by Crippen LogP contribution is -2.10. The molecule has 0 aliphatic carbocycles. The summed E-state index contributed by atoms with van der Waals surface area (Å²) in [6.45, 7) is 2.11. The van der Waals surface area contributed by atoms with Gasteiger partial charge in [-0.15, -0.1) is 0 Å². The largest absolute Gasteiger partial charge is 0.399 e. The second-order valence-electron chi connectivity index (χ2n) is 4.38. The zero-order valence-corrected chi connectivity index (χ0v) is 12.2. The first-order valence-electron chi connectivity index (χ1n) is 6.17. The number of halogens is 2. The summed E-state index contributed by atoms with van der Waals surface area (Å²) in [6.07, 6.45) is 0.932. The molecule has 0 amide bonds. The monoisotopic (exact) mass is 294 g/mol. The van der Waals surface area contributed by atoms with E-state index in [-0.39, 0.29) is 6.04 Å². The van der Waals surface area contributed by atoms with Crippen molar-refractivity contribution in [3.8, 4) is 0 Å². The van der Waals surface area contributed by atoms with E-state index in [0.717, 1.165) is 12.1 Å². The lowest BCUT2D eigenvalue weighted by Gasteiger charge is -2.20. The highest BCUT2D eigenvalue weighted by atomic mass is 35.5. The average molecular weight is 295 g/mol. The molecule has 3 N–H and O–H groups in total. The maximum absolute atomic E-state index is 6.20. The van der Waals surface area contributed by atoms with E-state index in [1.807, 2.05) is 18.2 Å². The Labute approximate surface area is 123 Å². The first-order chi connectivity index (χ1) is 9.11. The van der Waals surface area contributed by atoms with Crippen LogP contribution in [0.4, 0.5) is 11.4 Å². The number of nitrogen functional groups attached to an aromatic ring is 1. The Hall–Kier alpha value is -1.38. The van der Waals surface area contributed by atoms with Crippen molar-refractivity contribution in [3.63, 3.8) is 0 Å². The Balaban J connectivity index is 2.29. The molecule has 0 aliphatic heterocycles. The summed E-state index contributed by atoms with van der Waals surface area (Å²) < 4.78 is 0. The Morgan fingerprint density at radius 3 is 2.21 bits per heavy atom. The number of hydrogen-bond donors (Lipinski definition) is 2. The Morgan fingerprint density at radius 2 is 1.68 bits per heavy atom. The van der Waals surface area contributed by atoms with Gasteiger partial charge in [0.2, 0.25) is 0 Å². The van der Waals surface area contributed by atoms with E-state index < -0.39 is 0 Å². The molecule has 0 saturated carbocycles. The number of nitrogens with one attached hydrogen (secondary N) is 1. The SMILES string of the molecule is CCC(Nc1c(Cl)cc(N)cc1Cl)c1ccccc1. The molecular weight excluding hydrogens is 279 g/mol. The van der Waals surface area contributed by atoms with Gasteiger partial charge in [-0.05, 0) is 24.1 Å². The van der Waals surface area contributed by atoms with E-state index in [4.69, 9.17) is 28.9 Å². The highest BCUT2D eigenvalue weighted by Crippen LogP contribution is 2.35. The standard InChI is InChI=1S/C15H16Cl2N2/c1-2-14(10-6-4-3-5-7-10)19-15-12(16)8-11(18)9-13(15)17/h3-9,14,19H,2,18H2,1H3. The van der Waals surface area contributed by atoms with Crippen LogP contribution < -0.4 is 11.1 Å². The Kier molecular flexibility index (Phi) is 4.56. The van der Waals surface area contributed by atoms with Crippen LogP contribution in [-0.4, -0.2) is 0 Å². The highest BCUT2D eigenvalue weighted by molar-refractivity contribution is 6.39. The highest BCUT2D eigenvalue weighted by Gasteiger charge is 2.13. The van der Waals surface area contributed by atoms with Gasteiger partial charge in [0, 0.05) is 5.69 Å². The summed E-state index contributed by atoms with van der Waals surface area (Å²) in [5, 5.41) is 4.47. The first-order valence-corrected chi connectivity index (χ1v) is 6.93. The first kappa shape index (κ1) is 14.0. The summed E-state index contributed by atoms with van der Waals surface area (Å²) in [4.78, 5) is 0. The Bertz CT molecular complexity index is 532. The van der Waals surface area contributed by atoms with Crippen LogP contribution in [0.2, 0.25) is 10.0 Å². The third-order valence-electron chi connectivity index (χ3n) is 2.99. The second-order valence-corrected chi connectivity index (χ2v) is 5.19. The maximum atomic E-state index is 6.20. The summed E-state index contributed by atoms with van der Waals surface area (Å²) in [5.74, 6) is 0. The van der Waals surface area contributed by atoms with E-state index in [0.29, 0.717) is 15.7 Å². The van der Waals surface area contributed by atoms with Crippen molar-refractivity contribution in [2.45, 2.75) is 19.4 Å². The molecule has 2 nitrogen and oxygen atoms in total. The quantitative estimate of drug-likeness (QED) is 0.766. The smallest absolute Gasteiger partial charge is 0.0725 e. The minimum Gasteiger partial charge on any atom is -0.399 e. The predicted octanol–water partition coefficient (Wildman–Crippen LogP) is 5.14.